The summed E-state index contributed by atoms with van der Waals surface area (Å²) in [6.45, 7) is 1.75. The second-order valence-corrected chi connectivity index (χ2v) is 3.84. The number of ether oxygens (including phenoxy) is 1. The van der Waals surface area contributed by atoms with E-state index in [0.29, 0.717) is 0 Å². The molecule has 7 heteroatoms. The summed E-state index contributed by atoms with van der Waals surface area (Å²) in [6.07, 6.45) is 0. The summed E-state index contributed by atoms with van der Waals surface area (Å²) >= 11 is 0. The topological polar surface area (TPSA) is 111 Å². The molecule has 0 aliphatic carbocycles. The first kappa shape index (κ1) is 15.6. The van der Waals surface area contributed by atoms with Crippen LogP contribution in [0, 0.1) is 0 Å². The molecule has 0 saturated heterocycles. The van der Waals surface area contributed by atoms with Crippen LogP contribution in [0.3, 0.4) is 0 Å². The highest BCUT2D eigenvalue weighted by Gasteiger charge is 2.24. The summed E-state index contributed by atoms with van der Waals surface area (Å²) in [5, 5.41) is 4.89. The Morgan fingerprint density at radius 1 is 1.30 bits per heavy atom. The van der Waals surface area contributed by atoms with Crippen molar-refractivity contribution in [3.8, 4) is 0 Å². The highest BCUT2D eigenvalue weighted by atomic mass is 16.5. The third-order valence-corrected chi connectivity index (χ3v) is 2.48. The lowest BCUT2D eigenvalue weighted by atomic mass is 10.1. The van der Waals surface area contributed by atoms with Gasteiger partial charge in [-0.15, -0.1) is 0 Å². The molecule has 0 aromatic heterocycles. The average Bonchev–Trinajstić information content (AvgIpc) is 2.46. The van der Waals surface area contributed by atoms with Crippen molar-refractivity contribution in [2.75, 3.05) is 19.0 Å². The fourth-order valence-corrected chi connectivity index (χ4v) is 1.47. The zero-order valence-electron chi connectivity index (χ0n) is 11.3. The number of nitrogens with two attached hydrogens (primary N) is 1. The second kappa shape index (κ2) is 7.25. The Kier molecular flexibility index (Phi) is 5.67. The van der Waals surface area contributed by atoms with E-state index in [1.165, 1.54) is 7.05 Å². The zero-order valence-corrected chi connectivity index (χ0v) is 11.3. The van der Waals surface area contributed by atoms with Crippen molar-refractivity contribution >= 4 is 23.5 Å². The maximum atomic E-state index is 11.8. The summed E-state index contributed by atoms with van der Waals surface area (Å²) < 4.78 is 4.66. The van der Waals surface area contributed by atoms with Gasteiger partial charge in [-0.25, -0.2) is 4.79 Å². The molecule has 1 aromatic carbocycles. The predicted molar refractivity (Wildman–Crippen MR) is 73.1 cm³/mol. The first-order valence-electron chi connectivity index (χ1n) is 6.05. The summed E-state index contributed by atoms with van der Waals surface area (Å²) in [7, 11) is 1.48. The molecule has 7 nitrogen and oxygen atoms in total. The van der Waals surface area contributed by atoms with E-state index in [-0.39, 0.29) is 23.8 Å². The van der Waals surface area contributed by atoms with Crippen molar-refractivity contribution in [2.45, 2.75) is 13.0 Å². The van der Waals surface area contributed by atoms with Crippen LogP contribution in [-0.4, -0.2) is 37.5 Å². The van der Waals surface area contributed by atoms with E-state index in [4.69, 9.17) is 5.73 Å². The third kappa shape index (κ3) is 3.79. The molecule has 20 heavy (non-hydrogen) atoms. The summed E-state index contributed by atoms with van der Waals surface area (Å²) in [4.78, 5) is 34.8. The van der Waals surface area contributed by atoms with Gasteiger partial charge in [0.05, 0.1) is 17.9 Å². The number of hydrogen-bond acceptors (Lipinski definition) is 5. The molecule has 0 bridgehead atoms. The molecule has 1 aromatic rings. The van der Waals surface area contributed by atoms with Crippen LogP contribution in [0.15, 0.2) is 24.3 Å². The van der Waals surface area contributed by atoms with Gasteiger partial charge in [0.25, 0.3) is 11.8 Å². The molecule has 0 aliphatic heterocycles. The Hall–Kier alpha value is -2.41. The second-order valence-electron chi connectivity index (χ2n) is 3.84. The molecule has 0 aliphatic rings. The van der Waals surface area contributed by atoms with Gasteiger partial charge < -0.3 is 21.1 Å². The Labute approximate surface area is 116 Å². The van der Waals surface area contributed by atoms with Crippen molar-refractivity contribution in [3.05, 3.63) is 29.8 Å². The van der Waals surface area contributed by atoms with Gasteiger partial charge in [0.1, 0.15) is 0 Å². The number of benzene rings is 1. The number of nitrogens with one attached hydrogen (secondary N) is 2. The number of para-hydroxylation sites is 1. The standard InChI is InChI=1S/C13H17N3O4/c1-3-20-13(19)10(14)12(18)16-9-7-5-4-6-8(9)11(17)15-2/h4-7,10H,3,14H2,1-2H3,(H,15,17)(H,16,18). The van der Waals surface area contributed by atoms with Gasteiger partial charge in [-0.2, -0.15) is 0 Å². The number of esters is 1. The molecule has 0 radical (unpaired) electrons. The number of carbonyl (C=O) groups excluding carboxylic acids is 3. The van der Waals surface area contributed by atoms with Crippen molar-refractivity contribution in [1.29, 1.82) is 0 Å². The smallest absolute Gasteiger partial charge is 0.332 e. The molecule has 108 valence electrons. The van der Waals surface area contributed by atoms with Crippen molar-refractivity contribution in [2.24, 2.45) is 5.73 Å². The van der Waals surface area contributed by atoms with E-state index in [2.05, 4.69) is 15.4 Å². The fraction of sp³-hybridized carbons (Fsp3) is 0.308. The Bertz CT molecular complexity index is 516. The quantitative estimate of drug-likeness (QED) is 0.514. The van der Waals surface area contributed by atoms with Gasteiger partial charge >= 0.3 is 5.97 Å². The SMILES string of the molecule is CCOC(=O)C(N)C(=O)Nc1ccccc1C(=O)NC. The van der Waals surface area contributed by atoms with E-state index >= 15 is 0 Å². The van der Waals surface area contributed by atoms with Crippen LogP contribution in [0.2, 0.25) is 0 Å². The van der Waals surface area contributed by atoms with Gasteiger partial charge in [-0.1, -0.05) is 12.1 Å². The van der Waals surface area contributed by atoms with Gasteiger partial charge in [0.2, 0.25) is 0 Å². The number of amides is 2. The van der Waals surface area contributed by atoms with Crippen LogP contribution in [-0.2, 0) is 14.3 Å². The van der Waals surface area contributed by atoms with E-state index in [1.54, 1.807) is 31.2 Å². The van der Waals surface area contributed by atoms with E-state index in [9.17, 15) is 14.4 Å². The first-order valence-corrected chi connectivity index (χ1v) is 6.05. The highest BCUT2D eigenvalue weighted by Crippen LogP contribution is 2.15. The first-order chi connectivity index (χ1) is 9.51. The third-order valence-electron chi connectivity index (χ3n) is 2.48. The van der Waals surface area contributed by atoms with Crippen LogP contribution >= 0.6 is 0 Å². The van der Waals surface area contributed by atoms with Crippen LogP contribution in [0.25, 0.3) is 0 Å². The highest BCUT2D eigenvalue weighted by molar-refractivity contribution is 6.10. The lowest BCUT2D eigenvalue weighted by Crippen LogP contribution is -2.43. The maximum absolute atomic E-state index is 11.8. The van der Waals surface area contributed by atoms with Crippen molar-refractivity contribution in [1.82, 2.24) is 5.32 Å². The van der Waals surface area contributed by atoms with Gasteiger partial charge in [0.15, 0.2) is 6.04 Å². The van der Waals surface area contributed by atoms with Gasteiger partial charge in [-0.05, 0) is 19.1 Å². The van der Waals surface area contributed by atoms with Crippen molar-refractivity contribution in [3.63, 3.8) is 0 Å². The summed E-state index contributed by atoms with van der Waals surface area (Å²) in [5.74, 6) is -1.91. The molecule has 1 atom stereocenters. The fourth-order valence-electron chi connectivity index (χ4n) is 1.47. The zero-order chi connectivity index (χ0) is 15.1. The Balaban J connectivity index is 2.86. The maximum Gasteiger partial charge on any atom is 0.332 e. The minimum absolute atomic E-state index is 0.134. The number of carbonyl (C=O) groups is 3. The molecule has 1 unspecified atom stereocenters. The molecular weight excluding hydrogens is 262 g/mol. The average molecular weight is 279 g/mol. The molecule has 0 heterocycles. The molecule has 0 fully saturated rings. The number of anilines is 1. The van der Waals surface area contributed by atoms with Crippen LogP contribution in [0.1, 0.15) is 17.3 Å². The number of hydrogen-bond donors (Lipinski definition) is 3. The molecule has 1 rings (SSSR count). The normalized spacial score (nSPS) is 11.3. The Morgan fingerprint density at radius 2 is 1.95 bits per heavy atom. The van der Waals surface area contributed by atoms with E-state index < -0.39 is 17.9 Å². The van der Waals surface area contributed by atoms with Crippen LogP contribution < -0.4 is 16.4 Å². The monoisotopic (exact) mass is 279 g/mol. The van der Waals surface area contributed by atoms with Gasteiger partial charge in [-0.3, -0.25) is 9.59 Å². The lowest BCUT2D eigenvalue weighted by molar-refractivity contribution is -0.146. The van der Waals surface area contributed by atoms with E-state index in [0.717, 1.165) is 0 Å². The number of rotatable bonds is 5. The molecule has 2 amide bonds. The minimum atomic E-state index is -1.44. The molecule has 0 spiro atoms. The summed E-state index contributed by atoms with van der Waals surface area (Å²) in [6, 6.07) is 4.96. The van der Waals surface area contributed by atoms with Crippen LogP contribution in [0.5, 0.6) is 0 Å². The minimum Gasteiger partial charge on any atom is -0.464 e. The molecule has 0 saturated carbocycles. The largest absolute Gasteiger partial charge is 0.464 e. The van der Waals surface area contributed by atoms with Gasteiger partial charge in [0, 0.05) is 7.05 Å². The predicted octanol–water partition coefficient (Wildman–Crippen LogP) is -0.125. The van der Waals surface area contributed by atoms with E-state index in [1.807, 2.05) is 0 Å². The molecule has 4 N–H and O–H groups in total. The Morgan fingerprint density at radius 3 is 2.55 bits per heavy atom. The van der Waals surface area contributed by atoms with Crippen molar-refractivity contribution < 1.29 is 19.1 Å². The summed E-state index contributed by atoms with van der Waals surface area (Å²) in [5.41, 5.74) is 6.02. The molecular formula is C13H17N3O4. The lowest BCUT2D eigenvalue weighted by Gasteiger charge is -2.13. The van der Waals surface area contributed by atoms with Crippen LogP contribution in [0.4, 0.5) is 5.69 Å².